The molecule has 0 N–H and O–H groups in total. The third-order valence-electron chi connectivity index (χ3n) is 2.05. The van der Waals surface area contributed by atoms with Crippen molar-refractivity contribution in [1.29, 1.82) is 5.26 Å². The number of rotatable bonds is 4. The maximum atomic E-state index is 12.7. The number of halogens is 6. The molecule has 9 heteroatoms. The Balaban J connectivity index is 5.91. The Hall–Kier alpha value is -1.65. The normalized spacial score (nSPS) is 15.2. The SMILES string of the molecule is CO[CH+]C[C@@](C#N)(C(=C=[N-])C(F)(F)F)C(F)(F)F. The molecule has 0 bridgehead atoms. The molecule has 0 aliphatic heterocycles. The van der Waals surface area contributed by atoms with Crippen molar-refractivity contribution in [2.45, 2.75) is 18.8 Å². The van der Waals surface area contributed by atoms with Crippen molar-refractivity contribution >= 4 is 5.87 Å². The van der Waals surface area contributed by atoms with Crippen LogP contribution in [0.1, 0.15) is 6.42 Å². The molecule has 0 amide bonds. The first kappa shape index (κ1) is 16.4. The molecule has 0 unspecified atom stereocenters. The third-order valence-corrected chi connectivity index (χ3v) is 2.05. The predicted molar refractivity (Wildman–Crippen MR) is 48.0 cm³/mol. The van der Waals surface area contributed by atoms with Crippen LogP contribution in [-0.2, 0) is 4.74 Å². The molecular formula is C9H6F6N2O. The largest absolute Gasteiger partial charge is 0.763 e. The van der Waals surface area contributed by atoms with E-state index in [1.54, 1.807) is 0 Å². The number of alkyl halides is 6. The van der Waals surface area contributed by atoms with Crippen molar-refractivity contribution in [3.05, 3.63) is 17.6 Å². The van der Waals surface area contributed by atoms with Crippen LogP contribution < -0.4 is 0 Å². The van der Waals surface area contributed by atoms with Crippen molar-refractivity contribution < 1.29 is 31.1 Å². The van der Waals surface area contributed by atoms with E-state index in [0.29, 0.717) is 18.5 Å². The Morgan fingerprint density at radius 1 is 1.28 bits per heavy atom. The summed E-state index contributed by atoms with van der Waals surface area (Å²) in [6.07, 6.45) is -12.5. The molecular weight excluding hydrogens is 266 g/mol. The second kappa shape index (κ2) is 5.33. The van der Waals surface area contributed by atoms with Gasteiger partial charge in [-0.25, -0.2) is 0 Å². The fourth-order valence-electron chi connectivity index (χ4n) is 1.13. The van der Waals surface area contributed by atoms with Crippen molar-refractivity contribution in [2.24, 2.45) is 5.41 Å². The minimum atomic E-state index is -5.56. The molecule has 0 spiro atoms. The zero-order valence-corrected chi connectivity index (χ0v) is 8.85. The standard InChI is InChI=1S/C9H6F6N2O/c1-18-3-2-7(5-17,9(13,14)15)6(4-16)8(10,11)12/h3H,2H2,1H3/t7-/m1/s1. The van der Waals surface area contributed by atoms with E-state index in [4.69, 9.17) is 10.7 Å². The Morgan fingerprint density at radius 2 is 1.78 bits per heavy atom. The average Bonchev–Trinajstić information content (AvgIpc) is 2.20. The maximum absolute atomic E-state index is 12.7. The second-order valence-electron chi connectivity index (χ2n) is 3.11. The van der Waals surface area contributed by atoms with Gasteiger partial charge < -0.3 is 5.41 Å². The molecule has 0 aromatic rings. The van der Waals surface area contributed by atoms with Gasteiger partial charge in [-0.1, -0.05) is 0 Å². The first-order valence-electron chi connectivity index (χ1n) is 4.24. The van der Waals surface area contributed by atoms with Gasteiger partial charge >= 0.3 is 12.4 Å². The number of hydrogen-bond acceptors (Lipinski definition) is 2. The molecule has 0 aliphatic rings. The highest BCUT2D eigenvalue weighted by Gasteiger charge is 2.66. The van der Waals surface area contributed by atoms with E-state index in [1.165, 1.54) is 0 Å². The lowest BCUT2D eigenvalue weighted by Gasteiger charge is -2.29. The van der Waals surface area contributed by atoms with E-state index < -0.39 is 29.8 Å². The number of ether oxygens (including phenoxy) is 1. The molecule has 0 heterocycles. The highest BCUT2D eigenvalue weighted by molar-refractivity contribution is 5.66. The van der Waals surface area contributed by atoms with Gasteiger partial charge in [-0.05, 0) is 0 Å². The highest BCUT2D eigenvalue weighted by Crippen LogP contribution is 2.51. The zero-order valence-electron chi connectivity index (χ0n) is 8.85. The van der Waals surface area contributed by atoms with Gasteiger partial charge in [0.1, 0.15) is 0 Å². The summed E-state index contributed by atoms with van der Waals surface area (Å²) in [4.78, 5) is 0. The van der Waals surface area contributed by atoms with Crippen LogP contribution in [-0.4, -0.2) is 25.3 Å². The Bertz CT molecular complexity index is 387. The molecule has 0 aromatic carbocycles. The number of methoxy groups -OCH3 is 1. The fourth-order valence-corrected chi connectivity index (χ4v) is 1.13. The zero-order chi connectivity index (χ0) is 14.6. The molecule has 0 saturated carbocycles. The van der Waals surface area contributed by atoms with Crippen LogP contribution in [0.4, 0.5) is 26.3 Å². The first-order valence-corrected chi connectivity index (χ1v) is 4.24. The third kappa shape index (κ3) is 2.97. The van der Waals surface area contributed by atoms with E-state index in [1.807, 2.05) is 0 Å². The van der Waals surface area contributed by atoms with E-state index >= 15 is 0 Å². The predicted octanol–water partition coefficient (Wildman–Crippen LogP) is 2.98. The smallest absolute Gasteiger partial charge is 0.420 e. The lowest BCUT2D eigenvalue weighted by molar-refractivity contribution is -0.211. The lowest BCUT2D eigenvalue weighted by Crippen LogP contribution is -2.43. The fraction of sp³-hybridized carbons (Fsp3) is 0.556. The van der Waals surface area contributed by atoms with Crippen LogP contribution in [0, 0.1) is 23.4 Å². The van der Waals surface area contributed by atoms with Crippen LogP contribution in [0.15, 0.2) is 5.57 Å². The van der Waals surface area contributed by atoms with E-state index in [0.717, 1.165) is 7.11 Å². The molecule has 0 rings (SSSR count). The van der Waals surface area contributed by atoms with Crippen molar-refractivity contribution in [2.75, 3.05) is 7.11 Å². The summed E-state index contributed by atoms with van der Waals surface area (Å²) >= 11 is 0. The summed E-state index contributed by atoms with van der Waals surface area (Å²) in [5, 5.41) is 16.8. The average molecular weight is 272 g/mol. The highest BCUT2D eigenvalue weighted by atomic mass is 19.4. The molecule has 0 radical (unpaired) electrons. The van der Waals surface area contributed by atoms with E-state index in [2.05, 4.69) is 4.74 Å². The second-order valence-corrected chi connectivity index (χ2v) is 3.11. The molecule has 3 nitrogen and oxygen atoms in total. The van der Waals surface area contributed by atoms with Crippen LogP contribution >= 0.6 is 0 Å². The van der Waals surface area contributed by atoms with E-state index in [9.17, 15) is 26.3 Å². The van der Waals surface area contributed by atoms with Gasteiger partial charge in [0.15, 0.2) is 6.42 Å². The topological polar surface area (TPSA) is 55.3 Å². The van der Waals surface area contributed by atoms with Gasteiger partial charge in [-0.3, -0.25) is 5.87 Å². The molecule has 0 fully saturated rings. The van der Waals surface area contributed by atoms with E-state index in [-0.39, 0.29) is 0 Å². The monoisotopic (exact) mass is 272 g/mol. The Kier molecular flexibility index (Phi) is 4.84. The summed E-state index contributed by atoms with van der Waals surface area (Å²) in [6.45, 7) is 0.389. The number of allylic oxidation sites excluding steroid dienone is 1. The van der Waals surface area contributed by atoms with Crippen LogP contribution in [0.25, 0.3) is 5.41 Å². The van der Waals surface area contributed by atoms with Crippen LogP contribution in [0.3, 0.4) is 0 Å². The quantitative estimate of drug-likeness (QED) is 0.448. The number of nitriles is 1. The number of hydrogen-bond donors (Lipinski definition) is 0. The van der Waals surface area contributed by atoms with Crippen LogP contribution in [0.5, 0.6) is 0 Å². The molecule has 0 aliphatic carbocycles. The van der Waals surface area contributed by atoms with Crippen LogP contribution in [0.2, 0.25) is 0 Å². The first-order chi connectivity index (χ1) is 8.06. The lowest BCUT2D eigenvalue weighted by atomic mass is 9.78. The molecule has 1 atom stereocenters. The van der Waals surface area contributed by atoms with Crippen molar-refractivity contribution in [3.8, 4) is 6.07 Å². The molecule has 18 heavy (non-hydrogen) atoms. The van der Waals surface area contributed by atoms with Crippen molar-refractivity contribution in [1.82, 2.24) is 0 Å². The Morgan fingerprint density at radius 3 is 2.00 bits per heavy atom. The molecule has 0 saturated heterocycles. The maximum Gasteiger partial charge on any atom is 0.420 e. The van der Waals surface area contributed by atoms with Gasteiger partial charge in [0.2, 0.25) is 12.0 Å². The molecule has 0 aromatic heterocycles. The summed E-state index contributed by atoms with van der Waals surface area (Å²) in [6, 6.07) is 0.532. The van der Waals surface area contributed by atoms with Gasteiger partial charge in [-0.2, -0.15) is 36.3 Å². The minimum Gasteiger partial charge on any atom is -0.763 e. The summed E-state index contributed by atoms with van der Waals surface area (Å²) in [7, 11) is 0.915. The molecule has 100 valence electrons. The van der Waals surface area contributed by atoms with Gasteiger partial charge in [0.25, 0.3) is 0 Å². The minimum absolute atomic E-state index is 0.389. The summed E-state index contributed by atoms with van der Waals surface area (Å²) in [5.74, 6) is 0.423. The van der Waals surface area contributed by atoms with Crippen molar-refractivity contribution in [3.63, 3.8) is 0 Å². The summed E-state index contributed by atoms with van der Waals surface area (Å²) < 4.78 is 79.4. The van der Waals surface area contributed by atoms with Gasteiger partial charge in [-0.15, -0.1) is 0 Å². The van der Waals surface area contributed by atoms with Gasteiger partial charge in [0, 0.05) is 0 Å². The Labute approximate surface area is 98.2 Å². The summed E-state index contributed by atoms with van der Waals surface area (Å²) in [5.41, 5.74) is -6.48. The number of nitrogens with zero attached hydrogens (tertiary/aromatic N) is 2. The van der Waals surface area contributed by atoms with Gasteiger partial charge in [0.05, 0.1) is 18.8 Å².